The van der Waals surface area contributed by atoms with E-state index in [0.29, 0.717) is 16.8 Å². The second-order valence-electron chi connectivity index (χ2n) is 7.44. The molecule has 0 saturated carbocycles. The summed E-state index contributed by atoms with van der Waals surface area (Å²) in [6, 6.07) is 22.5. The van der Waals surface area contributed by atoms with Crippen LogP contribution in [-0.4, -0.2) is 29.8 Å². The maximum absolute atomic E-state index is 12.8. The van der Waals surface area contributed by atoms with Crippen molar-refractivity contribution in [3.63, 3.8) is 0 Å². The smallest absolute Gasteiger partial charge is 0.255 e. The second-order valence-corrected chi connectivity index (χ2v) is 8.92. The third-order valence-electron chi connectivity index (χ3n) is 5.23. The fraction of sp³-hybridized carbons (Fsp3) is 0.200. The first-order chi connectivity index (χ1) is 15.1. The summed E-state index contributed by atoms with van der Waals surface area (Å²) in [5, 5.41) is 3.64. The zero-order valence-electron chi connectivity index (χ0n) is 17.0. The minimum Gasteiger partial charge on any atom is -0.339 e. The molecule has 1 aliphatic heterocycles. The molecule has 3 aromatic carbocycles. The lowest BCUT2D eigenvalue weighted by Crippen LogP contribution is -2.28. The van der Waals surface area contributed by atoms with E-state index in [-0.39, 0.29) is 11.8 Å². The van der Waals surface area contributed by atoms with Crippen LogP contribution < -0.4 is 5.32 Å². The van der Waals surface area contributed by atoms with Gasteiger partial charge in [0.15, 0.2) is 0 Å². The molecule has 1 saturated heterocycles. The van der Waals surface area contributed by atoms with Gasteiger partial charge in [-0.1, -0.05) is 35.9 Å². The molecule has 0 aliphatic carbocycles. The lowest BCUT2D eigenvalue weighted by molar-refractivity contribution is 0.0794. The molecule has 6 heteroatoms. The molecule has 4 rings (SSSR count). The Labute approximate surface area is 191 Å². The van der Waals surface area contributed by atoms with Gasteiger partial charge in [0.25, 0.3) is 11.8 Å². The molecular formula is C25H23ClN2O2S. The zero-order chi connectivity index (χ0) is 21.6. The van der Waals surface area contributed by atoms with Crippen LogP contribution in [-0.2, 0) is 5.75 Å². The first-order valence-electron chi connectivity index (χ1n) is 10.3. The number of amides is 2. The Hall–Kier alpha value is -2.76. The van der Waals surface area contributed by atoms with Crippen molar-refractivity contribution in [2.75, 3.05) is 18.4 Å². The highest BCUT2D eigenvalue weighted by atomic mass is 35.5. The monoisotopic (exact) mass is 450 g/mol. The van der Waals surface area contributed by atoms with Crippen molar-refractivity contribution in [2.45, 2.75) is 23.5 Å². The number of carbonyl (C=O) groups is 2. The fourth-order valence-electron chi connectivity index (χ4n) is 3.51. The highest BCUT2D eigenvalue weighted by Gasteiger charge is 2.22. The van der Waals surface area contributed by atoms with E-state index in [9.17, 15) is 9.59 Å². The molecule has 1 aliphatic rings. The summed E-state index contributed by atoms with van der Waals surface area (Å²) in [6.45, 7) is 1.55. The molecule has 0 unspecified atom stereocenters. The highest BCUT2D eigenvalue weighted by molar-refractivity contribution is 7.98. The van der Waals surface area contributed by atoms with E-state index in [1.165, 1.54) is 0 Å². The Balaban J connectivity index is 1.40. The van der Waals surface area contributed by atoms with Gasteiger partial charge in [-0.2, -0.15) is 0 Å². The van der Waals surface area contributed by atoms with Crippen LogP contribution in [0.1, 0.15) is 39.1 Å². The molecule has 31 heavy (non-hydrogen) atoms. The Morgan fingerprint density at radius 3 is 2.29 bits per heavy atom. The summed E-state index contributed by atoms with van der Waals surface area (Å²) in [5.74, 6) is 0.554. The lowest BCUT2D eigenvalue weighted by atomic mass is 10.1. The number of hydrogen-bond donors (Lipinski definition) is 1. The molecule has 158 valence electrons. The Kier molecular flexibility index (Phi) is 6.95. The van der Waals surface area contributed by atoms with Crippen molar-refractivity contribution in [3.05, 3.63) is 94.5 Å². The van der Waals surface area contributed by atoms with Gasteiger partial charge in [0.2, 0.25) is 0 Å². The van der Waals surface area contributed by atoms with Crippen molar-refractivity contribution < 1.29 is 9.59 Å². The van der Waals surface area contributed by atoms with Crippen LogP contribution in [0.3, 0.4) is 0 Å². The molecule has 1 heterocycles. The van der Waals surface area contributed by atoms with Gasteiger partial charge in [0.1, 0.15) is 0 Å². The summed E-state index contributed by atoms with van der Waals surface area (Å²) >= 11 is 7.64. The lowest BCUT2D eigenvalue weighted by Gasteiger charge is -2.18. The average Bonchev–Trinajstić information content (AvgIpc) is 3.34. The quantitative estimate of drug-likeness (QED) is 0.460. The van der Waals surface area contributed by atoms with Crippen LogP contribution in [0.2, 0.25) is 5.02 Å². The number of anilines is 1. The number of rotatable bonds is 6. The maximum Gasteiger partial charge on any atom is 0.255 e. The van der Waals surface area contributed by atoms with Crippen LogP contribution in [0.25, 0.3) is 0 Å². The molecule has 2 amide bonds. The molecule has 0 radical (unpaired) electrons. The Morgan fingerprint density at radius 1 is 0.903 bits per heavy atom. The normalized spacial score (nSPS) is 13.3. The van der Waals surface area contributed by atoms with E-state index >= 15 is 0 Å². The second kappa shape index (κ2) is 10.0. The number of carbonyl (C=O) groups excluding carboxylic acids is 2. The van der Waals surface area contributed by atoms with Crippen molar-refractivity contribution in [1.82, 2.24) is 4.90 Å². The molecule has 1 N–H and O–H groups in total. The van der Waals surface area contributed by atoms with Crippen molar-refractivity contribution in [1.29, 1.82) is 0 Å². The fourth-order valence-corrected chi connectivity index (χ4v) is 4.49. The van der Waals surface area contributed by atoms with Gasteiger partial charge in [-0.15, -0.1) is 11.8 Å². The summed E-state index contributed by atoms with van der Waals surface area (Å²) in [7, 11) is 0. The molecule has 0 bridgehead atoms. The van der Waals surface area contributed by atoms with E-state index in [1.807, 2.05) is 65.6 Å². The van der Waals surface area contributed by atoms with Gasteiger partial charge >= 0.3 is 0 Å². The molecule has 0 atom stereocenters. The van der Waals surface area contributed by atoms with E-state index in [4.69, 9.17) is 11.6 Å². The first-order valence-corrected chi connectivity index (χ1v) is 11.6. The standard InChI is InChI=1S/C25H23ClN2O2S/c26-20-11-13-21(14-12-20)31-17-18-7-9-19(10-8-18)24(29)27-23-6-2-1-5-22(23)25(30)28-15-3-4-16-28/h1-2,5-14H,3-4,15-17H2,(H,27,29). The minimum absolute atomic E-state index is 0.0250. The predicted molar refractivity (Wildman–Crippen MR) is 127 cm³/mol. The van der Waals surface area contributed by atoms with Gasteiger partial charge < -0.3 is 10.2 Å². The number of hydrogen-bond acceptors (Lipinski definition) is 3. The van der Waals surface area contributed by atoms with Crippen LogP contribution in [0.4, 0.5) is 5.69 Å². The topological polar surface area (TPSA) is 49.4 Å². The summed E-state index contributed by atoms with van der Waals surface area (Å²) in [4.78, 5) is 28.6. The third kappa shape index (κ3) is 5.49. The highest BCUT2D eigenvalue weighted by Crippen LogP contribution is 2.25. The van der Waals surface area contributed by atoms with Gasteiger partial charge in [-0.25, -0.2) is 0 Å². The van der Waals surface area contributed by atoms with Crippen LogP contribution in [0.15, 0.2) is 77.7 Å². The number of thioether (sulfide) groups is 1. The van der Waals surface area contributed by atoms with Crippen LogP contribution >= 0.6 is 23.4 Å². The number of benzene rings is 3. The van der Waals surface area contributed by atoms with Gasteiger partial charge in [0, 0.05) is 34.3 Å². The average molecular weight is 451 g/mol. The Morgan fingerprint density at radius 2 is 1.58 bits per heavy atom. The summed E-state index contributed by atoms with van der Waals surface area (Å²) in [6.07, 6.45) is 2.06. The van der Waals surface area contributed by atoms with Gasteiger partial charge in [0.05, 0.1) is 11.3 Å². The summed E-state index contributed by atoms with van der Waals surface area (Å²) in [5.41, 5.74) is 2.77. The number of para-hydroxylation sites is 1. The molecule has 3 aromatic rings. The predicted octanol–water partition coefficient (Wildman–Crippen LogP) is 6.12. The zero-order valence-corrected chi connectivity index (χ0v) is 18.6. The molecule has 1 fully saturated rings. The molecule has 0 spiro atoms. The van der Waals surface area contributed by atoms with E-state index < -0.39 is 0 Å². The van der Waals surface area contributed by atoms with Crippen molar-refractivity contribution in [2.24, 2.45) is 0 Å². The number of nitrogens with one attached hydrogen (secondary N) is 1. The third-order valence-corrected chi connectivity index (χ3v) is 6.57. The SMILES string of the molecule is O=C(Nc1ccccc1C(=O)N1CCCC1)c1ccc(CSc2ccc(Cl)cc2)cc1. The first kappa shape index (κ1) is 21.5. The maximum atomic E-state index is 12.8. The van der Waals surface area contributed by atoms with E-state index in [1.54, 1.807) is 23.9 Å². The van der Waals surface area contributed by atoms with Gasteiger partial charge in [-0.05, 0) is 66.9 Å². The largest absolute Gasteiger partial charge is 0.339 e. The number of likely N-dealkylation sites (tertiary alicyclic amines) is 1. The van der Waals surface area contributed by atoms with Gasteiger partial charge in [-0.3, -0.25) is 9.59 Å². The summed E-state index contributed by atoms with van der Waals surface area (Å²) < 4.78 is 0. The van der Waals surface area contributed by atoms with Crippen LogP contribution in [0.5, 0.6) is 0 Å². The van der Waals surface area contributed by atoms with Crippen molar-refractivity contribution >= 4 is 40.9 Å². The van der Waals surface area contributed by atoms with Crippen molar-refractivity contribution in [3.8, 4) is 0 Å². The molecule has 4 nitrogen and oxygen atoms in total. The van der Waals surface area contributed by atoms with E-state index in [2.05, 4.69) is 5.32 Å². The molecule has 0 aromatic heterocycles. The van der Waals surface area contributed by atoms with Crippen LogP contribution in [0, 0.1) is 0 Å². The number of nitrogens with zero attached hydrogens (tertiary/aromatic N) is 1. The van der Waals surface area contributed by atoms with E-state index in [0.717, 1.165) is 47.2 Å². The minimum atomic E-state index is -0.224. The molecular weight excluding hydrogens is 428 g/mol. The number of halogens is 1. The Bertz CT molecular complexity index is 1060.